The molecule has 4 unspecified atom stereocenters. The standard InChI is InChI=1S/C19H24N4O3S/c20-8-15-9-21-17(27-15)22-14-1-2-23(10-14)18(24)26-16-12-3-11-4-13(16)7-19(25,5-11)6-12/h9,11-14,16,25H,1-7,10H2,(H,21,22)/t11?,12-,13?,14+,16?,19?/m0/s1. The fraction of sp³-hybridized carbons (Fsp3) is 0.737. The third-order valence-electron chi connectivity index (χ3n) is 6.78. The van der Waals surface area contributed by atoms with Gasteiger partial charge in [0.1, 0.15) is 17.1 Å². The van der Waals surface area contributed by atoms with Crippen molar-refractivity contribution >= 4 is 22.6 Å². The van der Waals surface area contributed by atoms with Gasteiger partial charge in [0.05, 0.1) is 11.8 Å². The van der Waals surface area contributed by atoms with Crippen molar-refractivity contribution in [2.45, 2.75) is 56.3 Å². The normalized spacial score (nSPS) is 39.4. The molecule has 144 valence electrons. The Bertz CT molecular complexity index is 774. The molecule has 5 aliphatic rings. The summed E-state index contributed by atoms with van der Waals surface area (Å²) in [5.74, 6) is 1.25. The van der Waals surface area contributed by atoms with Crippen molar-refractivity contribution in [3.8, 4) is 6.07 Å². The van der Waals surface area contributed by atoms with Gasteiger partial charge in [-0.1, -0.05) is 11.3 Å². The summed E-state index contributed by atoms with van der Waals surface area (Å²) in [4.78, 5) is 19.3. The lowest BCUT2D eigenvalue weighted by Crippen LogP contribution is -2.58. The van der Waals surface area contributed by atoms with Gasteiger partial charge in [-0.25, -0.2) is 9.78 Å². The summed E-state index contributed by atoms with van der Waals surface area (Å²) in [7, 11) is 0. The van der Waals surface area contributed by atoms with E-state index < -0.39 is 5.60 Å². The van der Waals surface area contributed by atoms with E-state index in [2.05, 4.69) is 16.4 Å². The zero-order valence-electron chi connectivity index (χ0n) is 15.1. The van der Waals surface area contributed by atoms with Crippen LogP contribution in [0, 0.1) is 29.1 Å². The van der Waals surface area contributed by atoms with Crippen LogP contribution in [0.3, 0.4) is 0 Å². The van der Waals surface area contributed by atoms with Crippen molar-refractivity contribution in [2.24, 2.45) is 17.8 Å². The first kappa shape index (κ1) is 17.3. The Morgan fingerprint density at radius 1 is 1.41 bits per heavy atom. The number of rotatable bonds is 3. The van der Waals surface area contributed by atoms with Crippen molar-refractivity contribution in [1.82, 2.24) is 9.88 Å². The van der Waals surface area contributed by atoms with Crippen LogP contribution in [-0.4, -0.2) is 51.9 Å². The number of anilines is 1. The van der Waals surface area contributed by atoms with Crippen LogP contribution in [0.2, 0.25) is 0 Å². The van der Waals surface area contributed by atoms with Gasteiger partial charge in [-0.2, -0.15) is 5.26 Å². The number of hydrogen-bond acceptors (Lipinski definition) is 7. The van der Waals surface area contributed by atoms with Gasteiger partial charge in [-0.05, 0) is 56.3 Å². The summed E-state index contributed by atoms with van der Waals surface area (Å²) in [6.45, 7) is 1.26. The number of nitriles is 1. The van der Waals surface area contributed by atoms with E-state index in [0.717, 1.165) is 43.7 Å². The molecular formula is C19H24N4O3S. The van der Waals surface area contributed by atoms with Crippen molar-refractivity contribution in [3.05, 3.63) is 11.1 Å². The minimum atomic E-state index is -0.502. The molecule has 4 bridgehead atoms. The highest BCUT2D eigenvalue weighted by atomic mass is 32.1. The van der Waals surface area contributed by atoms with Gasteiger partial charge in [0, 0.05) is 19.1 Å². The molecule has 6 atom stereocenters. The lowest BCUT2D eigenvalue weighted by Gasteiger charge is -2.57. The first-order chi connectivity index (χ1) is 13.0. The minimum Gasteiger partial charge on any atom is -0.446 e. The molecule has 0 aromatic carbocycles. The predicted molar refractivity (Wildman–Crippen MR) is 99.2 cm³/mol. The third kappa shape index (κ3) is 3.17. The quantitative estimate of drug-likeness (QED) is 0.826. The van der Waals surface area contributed by atoms with Crippen LogP contribution in [-0.2, 0) is 4.74 Å². The Kier molecular flexibility index (Phi) is 4.06. The van der Waals surface area contributed by atoms with E-state index in [0.29, 0.717) is 35.7 Å². The number of ether oxygens (including phenoxy) is 1. The molecule has 4 saturated carbocycles. The maximum absolute atomic E-state index is 12.7. The summed E-state index contributed by atoms with van der Waals surface area (Å²) in [5.41, 5.74) is -0.502. The highest BCUT2D eigenvalue weighted by Crippen LogP contribution is 2.56. The summed E-state index contributed by atoms with van der Waals surface area (Å²) >= 11 is 1.33. The van der Waals surface area contributed by atoms with E-state index in [-0.39, 0.29) is 18.2 Å². The SMILES string of the molecule is N#Cc1cnc(N[C@@H]2CCN(C(=O)OC3C4CC5C[C@H]3CC(O)(C5)C4)C2)s1. The lowest BCUT2D eigenvalue weighted by atomic mass is 9.53. The molecule has 1 amide bonds. The number of carbonyl (C=O) groups excluding carboxylic acids is 1. The number of aliphatic hydroxyl groups is 1. The monoisotopic (exact) mass is 388 g/mol. The van der Waals surface area contributed by atoms with Crippen LogP contribution in [0.25, 0.3) is 0 Å². The van der Waals surface area contributed by atoms with Crippen LogP contribution >= 0.6 is 11.3 Å². The number of amides is 1. The van der Waals surface area contributed by atoms with E-state index in [1.165, 1.54) is 11.3 Å². The zero-order valence-corrected chi connectivity index (χ0v) is 16.0. The molecule has 5 fully saturated rings. The maximum atomic E-state index is 12.7. The topological polar surface area (TPSA) is 98.5 Å². The predicted octanol–water partition coefficient (Wildman–Crippen LogP) is 2.58. The van der Waals surface area contributed by atoms with Crippen LogP contribution in [0.15, 0.2) is 6.20 Å². The zero-order chi connectivity index (χ0) is 18.6. The highest BCUT2D eigenvalue weighted by Gasteiger charge is 2.56. The highest BCUT2D eigenvalue weighted by molar-refractivity contribution is 7.16. The maximum Gasteiger partial charge on any atom is 0.410 e. The Morgan fingerprint density at radius 3 is 2.85 bits per heavy atom. The Labute approximate surface area is 162 Å². The number of likely N-dealkylation sites (tertiary alicyclic amines) is 1. The molecule has 8 heteroatoms. The Hall–Kier alpha value is -1.85. The number of carbonyl (C=O) groups is 1. The Morgan fingerprint density at radius 2 is 2.19 bits per heavy atom. The second-order valence-corrected chi connectivity index (χ2v) is 9.79. The fourth-order valence-electron chi connectivity index (χ4n) is 5.93. The minimum absolute atomic E-state index is 0.0292. The molecule has 1 aliphatic heterocycles. The fourth-order valence-corrected chi connectivity index (χ4v) is 6.62. The van der Waals surface area contributed by atoms with E-state index in [9.17, 15) is 9.90 Å². The van der Waals surface area contributed by atoms with Gasteiger partial charge in [0.25, 0.3) is 0 Å². The molecule has 6 rings (SSSR count). The largest absolute Gasteiger partial charge is 0.446 e. The van der Waals surface area contributed by atoms with Gasteiger partial charge >= 0.3 is 6.09 Å². The van der Waals surface area contributed by atoms with E-state index in [4.69, 9.17) is 10.00 Å². The summed E-state index contributed by atoms with van der Waals surface area (Å²) < 4.78 is 5.97. The smallest absolute Gasteiger partial charge is 0.410 e. The van der Waals surface area contributed by atoms with Crippen LogP contribution in [0.5, 0.6) is 0 Å². The molecule has 1 aromatic rings. The van der Waals surface area contributed by atoms with Crippen LogP contribution in [0.4, 0.5) is 9.93 Å². The lowest BCUT2D eigenvalue weighted by molar-refractivity contribution is -0.177. The van der Waals surface area contributed by atoms with Gasteiger partial charge < -0.3 is 20.1 Å². The number of nitrogens with zero attached hydrogens (tertiary/aromatic N) is 3. The second kappa shape index (κ2) is 6.35. The van der Waals surface area contributed by atoms with E-state index in [1.54, 1.807) is 11.1 Å². The average Bonchev–Trinajstić information content (AvgIpc) is 3.26. The van der Waals surface area contributed by atoms with E-state index in [1.807, 2.05) is 0 Å². The van der Waals surface area contributed by atoms with Crippen molar-refractivity contribution in [3.63, 3.8) is 0 Å². The summed E-state index contributed by atoms with van der Waals surface area (Å²) in [5, 5.41) is 23.6. The number of thiazole rings is 1. The van der Waals surface area contributed by atoms with Gasteiger partial charge in [0.15, 0.2) is 5.13 Å². The molecule has 2 N–H and O–H groups in total. The average molecular weight is 388 g/mol. The van der Waals surface area contributed by atoms with Gasteiger partial charge in [-0.15, -0.1) is 0 Å². The molecule has 1 saturated heterocycles. The second-order valence-electron chi connectivity index (χ2n) is 8.76. The third-order valence-corrected chi connectivity index (χ3v) is 7.61. The molecule has 0 radical (unpaired) electrons. The Balaban J connectivity index is 1.17. The van der Waals surface area contributed by atoms with Crippen LogP contribution in [0.1, 0.15) is 43.4 Å². The first-order valence-electron chi connectivity index (χ1n) is 9.82. The summed E-state index contributed by atoms with van der Waals surface area (Å²) in [6.07, 6.45) is 6.84. The van der Waals surface area contributed by atoms with Gasteiger partial charge in [0.2, 0.25) is 0 Å². The molecular weight excluding hydrogens is 364 g/mol. The van der Waals surface area contributed by atoms with Crippen molar-refractivity contribution in [2.75, 3.05) is 18.4 Å². The first-order valence-corrected chi connectivity index (χ1v) is 10.6. The van der Waals surface area contributed by atoms with E-state index >= 15 is 0 Å². The number of hydrogen-bond donors (Lipinski definition) is 2. The molecule has 2 heterocycles. The van der Waals surface area contributed by atoms with Crippen LogP contribution < -0.4 is 5.32 Å². The molecule has 4 aliphatic carbocycles. The van der Waals surface area contributed by atoms with Crippen molar-refractivity contribution < 1.29 is 14.6 Å². The van der Waals surface area contributed by atoms with Gasteiger partial charge in [-0.3, -0.25) is 0 Å². The summed E-state index contributed by atoms with van der Waals surface area (Å²) in [6, 6.07) is 2.22. The molecule has 27 heavy (non-hydrogen) atoms. The molecule has 0 spiro atoms. The van der Waals surface area contributed by atoms with Crippen molar-refractivity contribution in [1.29, 1.82) is 5.26 Å². The number of aromatic nitrogens is 1. The molecule has 1 aromatic heterocycles. The number of nitrogens with one attached hydrogen (secondary N) is 1. The molecule has 7 nitrogen and oxygen atoms in total.